The zero-order valence-corrected chi connectivity index (χ0v) is 8.22. The van der Waals surface area contributed by atoms with E-state index in [-0.39, 0.29) is 0 Å². The molecule has 0 atom stereocenters. The number of benzene rings is 1. The van der Waals surface area contributed by atoms with Crippen LogP contribution in [0.5, 0.6) is 0 Å². The van der Waals surface area contributed by atoms with Crippen LogP contribution in [0, 0.1) is 29.1 Å². The van der Waals surface area contributed by atoms with Crippen molar-refractivity contribution in [1.29, 1.82) is 0 Å². The first kappa shape index (κ1) is 15.8. The molecule has 0 aromatic heterocycles. The third-order valence-corrected chi connectivity index (χ3v) is 1.69. The van der Waals surface area contributed by atoms with E-state index < -0.39 is 48.1 Å². The standard InChI is InChI=1S/C7H4BF5O2.H4N2/c9-3-2(1-8(14)15)4(10)6(12)7(13)5(3)11;1-2/h14-15H,1H2;1-2H2. The summed E-state index contributed by atoms with van der Waals surface area (Å²) in [7, 11) is -2.20. The lowest BCUT2D eigenvalue weighted by Gasteiger charge is -2.07. The van der Waals surface area contributed by atoms with Crippen molar-refractivity contribution in [3.05, 3.63) is 34.6 Å². The Hall–Kier alpha value is -1.23. The Labute approximate surface area is 92.8 Å². The van der Waals surface area contributed by atoms with Crippen molar-refractivity contribution >= 4 is 7.12 Å². The molecule has 4 nitrogen and oxygen atoms in total. The summed E-state index contributed by atoms with van der Waals surface area (Å²) in [5.74, 6) is -2.60. The molecule has 0 amide bonds. The molecule has 0 saturated carbocycles. The van der Waals surface area contributed by atoms with Crippen LogP contribution in [-0.2, 0) is 6.32 Å². The summed E-state index contributed by atoms with van der Waals surface area (Å²) in [6, 6.07) is 0. The lowest BCUT2D eigenvalue weighted by atomic mass is 9.81. The Morgan fingerprint density at radius 1 is 0.765 bits per heavy atom. The third kappa shape index (κ3) is 3.36. The second-order valence-corrected chi connectivity index (χ2v) is 2.73. The van der Waals surface area contributed by atoms with Gasteiger partial charge in [0.05, 0.1) is 0 Å². The van der Waals surface area contributed by atoms with E-state index in [1.54, 1.807) is 0 Å². The Balaban J connectivity index is 0.00000121. The zero-order valence-electron chi connectivity index (χ0n) is 8.22. The van der Waals surface area contributed by atoms with Gasteiger partial charge in [-0.2, -0.15) is 0 Å². The molecule has 0 saturated heterocycles. The van der Waals surface area contributed by atoms with Gasteiger partial charge in [-0.05, 0) is 0 Å². The van der Waals surface area contributed by atoms with Gasteiger partial charge in [0.2, 0.25) is 5.82 Å². The van der Waals surface area contributed by atoms with E-state index >= 15 is 0 Å². The van der Waals surface area contributed by atoms with Gasteiger partial charge in [0.15, 0.2) is 23.3 Å². The highest BCUT2D eigenvalue weighted by molar-refractivity contribution is 6.40. The topological polar surface area (TPSA) is 92.5 Å². The molecule has 6 N–H and O–H groups in total. The van der Waals surface area contributed by atoms with Gasteiger partial charge >= 0.3 is 7.12 Å². The van der Waals surface area contributed by atoms with E-state index in [4.69, 9.17) is 10.0 Å². The first-order valence-electron chi connectivity index (χ1n) is 4.06. The monoisotopic (exact) mass is 258 g/mol. The third-order valence-electron chi connectivity index (χ3n) is 1.69. The fraction of sp³-hybridized carbons (Fsp3) is 0.143. The molecule has 0 unspecified atom stereocenters. The summed E-state index contributed by atoms with van der Waals surface area (Å²) in [4.78, 5) is 0. The molecule has 0 heterocycles. The van der Waals surface area contributed by atoms with Crippen LogP contribution in [0.3, 0.4) is 0 Å². The van der Waals surface area contributed by atoms with E-state index in [0.717, 1.165) is 0 Å². The number of nitrogens with two attached hydrogens (primary N) is 2. The molecule has 0 fully saturated rings. The fourth-order valence-electron chi connectivity index (χ4n) is 1.01. The molecule has 0 spiro atoms. The zero-order chi connectivity index (χ0) is 13.7. The van der Waals surface area contributed by atoms with Gasteiger partial charge < -0.3 is 10.0 Å². The summed E-state index contributed by atoms with van der Waals surface area (Å²) in [5, 5.41) is 16.8. The first-order chi connectivity index (χ1) is 7.86. The predicted octanol–water partition coefficient (Wildman–Crippen LogP) is -0.245. The molecule has 17 heavy (non-hydrogen) atoms. The molecule has 0 aliphatic heterocycles. The normalized spacial score (nSPS) is 9.71. The van der Waals surface area contributed by atoms with Crippen molar-refractivity contribution in [2.75, 3.05) is 0 Å². The largest absolute Gasteiger partial charge is 0.456 e. The van der Waals surface area contributed by atoms with Gasteiger partial charge in [-0.15, -0.1) is 0 Å². The molecule has 96 valence electrons. The second kappa shape index (κ2) is 6.50. The molecule has 0 aliphatic rings. The molecule has 0 aliphatic carbocycles. The summed E-state index contributed by atoms with van der Waals surface area (Å²) in [5.41, 5.74) is -1.25. The summed E-state index contributed by atoms with van der Waals surface area (Å²) >= 11 is 0. The average molecular weight is 258 g/mol. The van der Waals surface area contributed by atoms with Crippen molar-refractivity contribution in [3.63, 3.8) is 0 Å². The van der Waals surface area contributed by atoms with E-state index in [1.807, 2.05) is 0 Å². The minimum atomic E-state index is -2.28. The fourth-order valence-corrected chi connectivity index (χ4v) is 1.01. The van der Waals surface area contributed by atoms with Gasteiger partial charge in [-0.25, -0.2) is 22.0 Å². The molecular formula is C7H8BF5N2O2. The maximum atomic E-state index is 12.8. The summed E-state index contributed by atoms with van der Waals surface area (Å²) in [6.45, 7) is 0. The number of hydrazine groups is 1. The summed E-state index contributed by atoms with van der Waals surface area (Å²) < 4.78 is 63.2. The minimum absolute atomic E-state index is 1.08. The van der Waals surface area contributed by atoms with E-state index in [1.165, 1.54) is 0 Å². The van der Waals surface area contributed by atoms with Gasteiger partial charge in [0.25, 0.3) is 0 Å². The predicted molar refractivity (Wildman–Crippen MR) is 48.5 cm³/mol. The molecular weight excluding hydrogens is 250 g/mol. The van der Waals surface area contributed by atoms with Gasteiger partial charge in [-0.3, -0.25) is 11.7 Å². The van der Waals surface area contributed by atoms with E-state index in [9.17, 15) is 22.0 Å². The van der Waals surface area contributed by atoms with Crippen LogP contribution < -0.4 is 11.7 Å². The molecule has 1 rings (SSSR count). The molecule has 10 heteroatoms. The highest BCUT2D eigenvalue weighted by atomic mass is 19.2. The van der Waals surface area contributed by atoms with E-state index in [0.29, 0.717) is 0 Å². The average Bonchev–Trinajstić information content (AvgIpc) is 2.32. The molecule has 1 aromatic rings. The van der Waals surface area contributed by atoms with Crippen molar-refractivity contribution in [2.45, 2.75) is 6.32 Å². The maximum absolute atomic E-state index is 12.8. The maximum Gasteiger partial charge on any atom is 0.456 e. The Bertz CT molecular complexity index is 375. The van der Waals surface area contributed by atoms with Crippen molar-refractivity contribution < 1.29 is 32.0 Å². The highest BCUT2D eigenvalue weighted by Gasteiger charge is 2.27. The summed E-state index contributed by atoms with van der Waals surface area (Å²) in [6.07, 6.45) is -1.08. The van der Waals surface area contributed by atoms with Crippen molar-refractivity contribution in [1.82, 2.24) is 0 Å². The lowest BCUT2D eigenvalue weighted by Crippen LogP contribution is -2.19. The van der Waals surface area contributed by atoms with Gasteiger partial charge in [-0.1, -0.05) is 0 Å². The molecule has 0 bridgehead atoms. The van der Waals surface area contributed by atoms with Crippen LogP contribution >= 0.6 is 0 Å². The van der Waals surface area contributed by atoms with E-state index in [2.05, 4.69) is 11.7 Å². The van der Waals surface area contributed by atoms with Crippen molar-refractivity contribution in [3.8, 4) is 0 Å². The van der Waals surface area contributed by atoms with Crippen molar-refractivity contribution in [2.24, 2.45) is 11.7 Å². The molecule has 0 radical (unpaired) electrons. The van der Waals surface area contributed by atoms with Crippen LogP contribution in [0.4, 0.5) is 22.0 Å². The highest BCUT2D eigenvalue weighted by Crippen LogP contribution is 2.23. The Morgan fingerprint density at radius 2 is 1.06 bits per heavy atom. The van der Waals surface area contributed by atoms with Crippen LogP contribution in [0.1, 0.15) is 5.56 Å². The van der Waals surface area contributed by atoms with Gasteiger partial charge in [0.1, 0.15) is 0 Å². The number of halogens is 5. The number of rotatable bonds is 2. The SMILES string of the molecule is NN.OB(O)Cc1c(F)c(F)c(F)c(F)c1F. The lowest BCUT2D eigenvalue weighted by molar-refractivity contribution is 0.364. The Kier molecular flexibility index (Phi) is 6.03. The second-order valence-electron chi connectivity index (χ2n) is 2.73. The minimum Gasteiger partial charge on any atom is -0.427 e. The Morgan fingerprint density at radius 3 is 1.35 bits per heavy atom. The first-order valence-corrected chi connectivity index (χ1v) is 4.06. The number of hydrogen-bond acceptors (Lipinski definition) is 4. The van der Waals surface area contributed by atoms with Crippen LogP contribution in [0.15, 0.2) is 0 Å². The number of hydrogen-bond donors (Lipinski definition) is 4. The smallest absolute Gasteiger partial charge is 0.427 e. The molecule has 1 aromatic carbocycles. The quantitative estimate of drug-likeness (QED) is 0.147. The van der Waals surface area contributed by atoms with Crippen LogP contribution in [-0.4, -0.2) is 17.2 Å². The van der Waals surface area contributed by atoms with Crippen LogP contribution in [0.25, 0.3) is 0 Å². The van der Waals surface area contributed by atoms with Gasteiger partial charge in [0, 0.05) is 11.9 Å². The van der Waals surface area contributed by atoms with Crippen LogP contribution in [0.2, 0.25) is 0 Å².